The lowest BCUT2D eigenvalue weighted by atomic mass is 9.93. The zero-order chi connectivity index (χ0) is 14.0. The van der Waals surface area contributed by atoms with Gasteiger partial charge in [-0.1, -0.05) is 18.3 Å². The van der Waals surface area contributed by atoms with E-state index in [4.69, 9.17) is 0 Å². The summed E-state index contributed by atoms with van der Waals surface area (Å²) in [5.41, 5.74) is 0.990. The molecule has 0 aromatic carbocycles. The van der Waals surface area contributed by atoms with Crippen molar-refractivity contribution in [2.45, 2.75) is 38.9 Å². The summed E-state index contributed by atoms with van der Waals surface area (Å²) in [6.45, 7) is 1.00. The van der Waals surface area contributed by atoms with Crippen molar-refractivity contribution in [1.82, 2.24) is 4.57 Å². The molecule has 1 aliphatic rings. The third kappa shape index (κ3) is 3.82. The summed E-state index contributed by atoms with van der Waals surface area (Å²) in [4.78, 5) is 12.8. The van der Waals surface area contributed by atoms with E-state index in [0.717, 1.165) is 29.8 Å². The highest BCUT2D eigenvalue weighted by atomic mass is 32.1. The molecular formula is C12H16F3NO2S. The second-order valence-corrected chi connectivity index (χ2v) is 5.95. The number of ether oxygens (including phenoxy) is 1. The molecule has 0 saturated heterocycles. The van der Waals surface area contributed by atoms with Crippen LogP contribution in [-0.2, 0) is 24.1 Å². The molecule has 0 aliphatic heterocycles. The van der Waals surface area contributed by atoms with E-state index in [2.05, 4.69) is 11.7 Å². The summed E-state index contributed by atoms with van der Waals surface area (Å²) in [5.74, 6) is 0.570. The molecule has 108 valence electrons. The number of alkyl halides is 3. The van der Waals surface area contributed by atoms with Crippen LogP contribution in [0.3, 0.4) is 0 Å². The number of fused-ring (bicyclic) bond motifs is 1. The summed E-state index contributed by atoms with van der Waals surface area (Å²) >= 11 is 1.21. The maximum atomic E-state index is 11.9. The van der Waals surface area contributed by atoms with Gasteiger partial charge in [0.2, 0.25) is 0 Å². The molecule has 1 heterocycles. The Kier molecular flexibility index (Phi) is 4.35. The summed E-state index contributed by atoms with van der Waals surface area (Å²) in [7, 11) is 0. The molecule has 19 heavy (non-hydrogen) atoms. The van der Waals surface area contributed by atoms with Gasteiger partial charge < -0.3 is 9.30 Å². The van der Waals surface area contributed by atoms with Crippen molar-refractivity contribution in [3.8, 4) is 0 Å². The van der Waals surface area contributed by atoms with Gasteiger partial charge in [0, 0.05) is 10.6 Å². The van der Waals surface area contributed by atoms with Gasteiger partial charge in [-0.15, -0.1) is 0 Å². The number of aromatic nitrogens is 1. The molecule has 0 saturated carbocycles. The van der Waals surface area contributed by atoms with Crippen LogP contribution in [-0.4, -0.2) is 24.0 Å². The predicted molar refractivity (Wildman–Crippen MR) is 66.6 cm³/mol. The fourth-order valence-corrected chi connectivity index (χ4v) is 3.51. The van der Waals surface area contributed by atoms with Gasteiger partial charge in [-0.2, -0.15) is 13.2 Å². The van der Waals surface area contributed by atoms with E-state index in [-0.39, 0.29) is 18.0 Å². The molecule has 0 amide bonds. The van der Waals surface area contributed by atoms with Crippen molar-refractivity contribution >= 4 is 11.3 Å². The van der Waals surface area contributed by atoms with Gasteiger partial charge in [0.15, 0.2) is 0 Å². The molecule has 0 bridgehead atoms. The van der Waals surface area contributed by atoms with Crippen LogP contribution in [0.5, 0.6) is 0 Å². The zero-order valence-electron chi connectivity index (χ0n) is 10.6. The molecule has 2 rings (SSSR count). The highest BCUT2D eigenvalue weighted by molar-refractivity contribution is 7.09. The first-order chi connectivity index (χ1) is 8.87. The Labute approximate surface area is 113 Å². The first-order valence-corrected chi connectivity index (χ1v) is 7.04. The second kappa shape index (κ2) is 5.66. The Morgan fingerprint density at radius 1 is 1.47 bits per heavy atom. The topological polar surface area (TPSA) is 31.2 Å². The van der Waals surface area contributed by atoms with E-state index < -0.39 is 12.8 Å². The van der Waals surface area contributed by atoms with Crippen molar-refractivity contribution < 1.29 is 17.9 Å². The van der Waals surface area contributed by atoms with Crippen LogP contribution in [0, 0.1) is 5.92 Å². The lowest BCUT2D eigenvalue weighted by Gasteiger charge is -2.19. The quantitative estimate of drug-likeness (QED) is 0.800. The lowest BCUT2D eigenvalue weighted by molar-refractivity contribution is -0.174. The molecule has 7 heteroatoms. The SMILES string of the molecule is CC1CCc2c(sc(=O)n2CCOCC(F)(F)F)C1. The number of hydrogen-bond donors (Lipinski definition) is 0. The maximum Gasteiger partial charge on any atom is 0.411 e. The normalized spacial score (nSPS) is 19.5. The van der Waals surface area contributed by atoms with Crippen molar-refractivity contribution in [2.75, 3.05) is 13.2 Å². The standard InChI is InChI=1S/C12H16F3NO2S/c1-8-2-3-9-10(6-8)19-11(17)16(9)4-5-18-7-12(13,14)15/h8H,2-7H2,1H3. The molecule has 0 radical (unpaired) electrons. The van der Waals surface area contributed by atoms with Gasteiger partial charge in [-0.25, -0.2) is 0 Å². The van der Waals surface area contributed by atoms with Gasteiger partial charge in [0.25, 0.3) is 0 Å². The van der Waals surface area contributed by atoms with Crippen LogP contribution < -0.4 is 4.87 Å². The second-order valence-electron chi connectivity index (χ2n) is 4.91. The number of thiazole rings is 1. The minimum atomic E-state index is -4.31. The van der Waals surface area contributed by atoms with Crippen molar-refractivity contribution in [1.29, 1.82) is 0 Å². The van der Waals surface area contributed by atoms with Gasteiger partial charge in [-0.05, 0) is 25.2 Å². The van der Waals surface area contributed by atoms with Gasteiger partial charge in [0.1, 0.15) is 6.61 Å². The van der Waals surface area contributed by atoms with Crippen LogP contribution in [0.4, 0.5) is 13.2 Å². The average molecular weight is 295 g/mol. The lowest BCUT2D eigenvalue weighted by Crippen LogP contribution is -2.24. The molecule has 1 aromatic heterocycles. The summed E-state index contributed by atoms with van der Waals surface area (Å²) in [5, 5.41) is 0. The van der Waals surface area contributed by atoms with Crippen molar-refractivity contribution in [3.05, 3.63) is 20.2 Å². The van der Waals surface area contributed by atoms with Crippen LogP contribution in [0.1, 0.15) is 23.9 Å². The average Bonchev–Trinajstić information content (AvgIpc) is 2.58. The van der Waals surface area contributed by atoms with E-state index in [1.54, 1.807) is 4.57 Å². The van der Waals surface area contributed by atoms with E-state index in [0.29, 0.717) is 5.92 Å². The molecule has 1 atom stereocenters. The fourth-order valence-electron chi connectivity index (χ4n) is 2.29. The minimum absolute atomic E-state index is 0.0852. The highest BCUT2D eigenvalue weighted by Gasteiger charge is 2.27. The number of nitrogens with zero attached hydrogens (tertiary/aromatic N) is 1. The molecule has 1 unspecified atom stereocenters. The molecule has 1 aromatic rings. The number of halogens is 3. The Bertz CT molecular complexity index is 492. The van der Waals surface area contributed by atoms with E-state index in [1.165, 1.54) is 11.3 Å². The van der Waals surface area contributed by atoms with E-state index in [9.17, 15) is 18.0 Å². The van der Waals surface area contributed by atoms with Crippen LogP contribution >= 0.6 is 11.3 Å². The largest absolute Gasteiger partial charge is 0.411 e. The molecule has 0 N–H and O–H groups in total. The van der Waals surface area contributed by atoms with Gasteiger partial charge in [0.05, 0.1) is 13.2 Å². The predicted octanol–water partition coefficient (Wildman–Crippen LogP) is 2.61. The summed E-state index contributed by atoms with van der Waals surface area (Å²) in [6.07, 6.45) is -1.57. The van der Waals surface area contributed by atoms with Gasteiger partial charge >= 0.3 is 11.0 Å². The maximum absolute atomic E-state index is 11.9. The molecule has 0 spiro atoms. The van der Waals surface area contributed by atoms with Crippen LogP contribution in [0.2, 0.25) is 0 Å². The number of rotatable bonds is 4. The Morgan fingerprint density at radius 2 is 2.21 bits per heavy atom. The molecule has 0 fully saturated rings. The Hall–Kier alpha value is -0.820. The van der Waals surface area contributed by atoms with Crippen molar-refractivity contribution in [3.63, 3.8) is 0 Å². The molecule has 1 aliphatic carbocycles. The minimum Gasteiger partial charge on any atom is -0.370 e. The summed E-state index contributed by atoms with van der Waals surface area (Å²) in [6, 6.07) is 0. The van der Waals surface area contributed by atoms with E-state index >= 15 is 0 Å². The summed E-state index contributed by atoms with van der Waals surface area (Å²) < 4.78 is 41.9. The van der Waals surface area contributed by atoms with Gasteiger partial charge in [-0.3, -0.25) is 4.79 Å². The van der Waals surface area contributed by atoms with E-state index in [1.807, 2.05) is 0 Å². The monoisotopic (exact) mass is 295 g/mol. The first-order valence-electron chi connectivity index (χ1n) is 6.22. The third-order valence-electron chi connectivity index (χ3n) is 3.21. The van der Waals surface area contributed by atoms with Crippen molar-refractivity contribution in [2.24, 2.45) is 5.92 Å². The van der Waals surface area contributed by atoms with Crippen LogP contribution in [0.25, 0.3) is 0 Å². The molecule has 3 nitrogen and oxygen atoms in total. The Balaban J connectivity index is 1.96. The third-order valence-corrected chi connectivity index (χ3v) is 4.26. The van der Waals surface area contributed by atoms with Crippen LogP contribution in [0.15, 0.2) is 4.79 Å². The number of hydrogen-bond acceptors (Lipinski definition) is 3. The highest BCUT2D eigenvalue weighted by Crippen LogP contribution is 2.27. The first kappa shape index (κ1) is 14.6. The molecular weight excluding hydrogens is 279 g/mol. The zero-order valence-corrected chi connectivity index (χ0v) is 11.4. The Morgan fingerprint density at radius 3 is 2.89 bits per heavy atom. The fraction of sp³-hybridized carbons (Fsp3) is 0.750. The smallest absolute Gasteiger partial charge is 0.370 e.